The maximum absolute atomic E-state index is 11.2. The van der Waals surface area contributed by atoms with Crippen LogP contribution in [-0.2, 0) is 16.5 Å². The van der Waals surface area contributed by atoms with Gasteiger partial charge in [-0.2, -0.15) is 0 Å². The number of hydrogen-bond donors (Lipinski definition) is 0. The van der Waals surface area contributed by atoms with E-state index in [0.29, 0.717) is 0 Å². The molecule has 2 rings (SSSR count). The average Bonchev–Trinajstić information content (AvgIpc) is 2.62. The Hall–Kier alpha value is -0.390. The van der Waals surface area contributed by atoms with Gasteiger partial charge in [-0.05, 0) is 41.3 Å². The molecule has 5 heteroatoms. The van der Waals surface area contributed by atoms with Crippen LogP contribution in [0.1, 0.15) is 76.7 Å². The van der Waals surface area contributed by atoms with Crippen LogP contribution in [-0.4, -0.2) is 13.0 Å². The molecular weight excluding hydrogens is 367 g/mol. The molecule has 0 saturated heterocycles. The molecule has 0 saturated carbocycles. The van der Waals surface area contributed by atoms with Crippen LogP contribution in [0.2, 0.25) is 0 Å². The minimum Gasteiger partial charge on any atom is -0.744 e. The summed E-state index contributed by atoms with van der Waals surface area (Å²) in [5.41, 5.74) is 1.21. The summed E-state index contributed by atoms with van der Waals surface area (Å²) in [5, 5.41) is 1.79. The van der Waals surface area contributed by atoms with Gasteiger partial charge in [-0.25, -0.2) is 8.42 Å². The molecular formula is C22H31NaO3S. The summed E-state index contributed by atoms with van der Waals surface area (Å²) in [5.74, 6) is 0. The van der Waals surface area contributed by atoms with E-state index in [0.717, 1.165) is 23.6 Å². The number of hydrogen-bond acceptors (Lipinski definition) is 3. The van der Waals surface area contributed by atoms with Gasteiger partial charge in [0.05, 0.1) is 4.90 Å². The third-order valence-corrected chi connectivity index (χ3v) is 5.82. The molecule has 2 aromatic rings. The fourth-order valence-electron chi connectivity index (χ4n) is 3.40. The number of unbranched alkanes of at least 4 members (excludes halogenated alkanes) is 9. The van der Waals surface area contributed by atoms with Crippen LogP contribution in [0.25, 0.3) is 10.8 Å². The fourth-order valence-corrected chi connectivity index (χ4v) is 3.91. The molecule has 0 bridgehead atoms. The van der Waals surface area contributed by atoms with E-state index in [1.54, 1.807) is 6.07 Å². The summed E-state index contributed by atoms with van der Waals surface area (Å²) < 4.78 is 33.5. The van der Waals surface area contributed by atoms with Crippen molar-refractivity contribution in [1.29, 1.82) is 0 Å². The SMILES string of the molecule is CCCCCCCCCCCCc1ccc2ccc(S(=O)(=O)[O-])cc2c1.[Na+]. The Morgan fingerprint density at radius 1 is 0.741 bits per heavy atom. The van der Waals surface area contributed by atoms with Crippen LogP contribution < -0.4 is 29.6 Å². The van der Waals surface area contributed by atoms with E-state index in [1.807, 2.05) is 12.1 Å². The van der Waals surface area contributed by atoms with Gasteiger partial charge in [0.1, 0.15) is 10.1 Å². The normalized spacial score (nSPS) is 11.5. The summed E-state index contributed by atoms with van der Waals surface area (Å²) >= 11 is 0. The van der Waals surface area contributed by atoms with E-state index in [1.165, 1.54) is 75.5 Å². The van der Waals surface area contributed by atoms with Gasteiger partial charge in [0.2, 0.25) is 0 Å². The zero-order valence-electron chi connectivity index (χ0n) is 16.9. The Bertz CT molecular complexity index is 787. The molecule has 3 nitrogen and oxygen atoms in total. The number of fused-ring (bicyclic) bond motifs is 1. The Labute approximate surface area is 187 Å². The van der Waals surface area contributed by atoms with Crippen LogP contribution in [0, 0.1) is 0 Å². The van der Waals surface area contributed by atoms with Crippen LogP contribution >= 0.6 is 0 Å². The van der Waals surface area contributed by atoms with Crippen molar-refractivity contribution >= 4 is 20.9 Å². The van der Waals surface area contributed by atoms with Crippen molar-refractivity contribution in [2.24, 2.45) is 0 Å². The first-order valence-electron chi connectivity index (χ1n) is 9.99. The molecule has 0 amide bonds. The molecule has 0 radical (unpaired) electrons. The first kappa shape index (κ1) is 24.6. The number of rotatable bonds is 12. The molecule has 0 unspecified atom stereocenters. The Morgan fingerprint density at radius 3 is 1.89 bits per heavy atom. The molecule has 2 aromatic carbocycles. The van der Waals surface area contributed by atoms with E-state index in [4.69, 9.17) is 0 Å². The van der Waals surface area contributed by atoms with Gasteiger partial charge >= 0.3 is 29.6 Å². The van der Waals surface area contributed by atoms with Crippen LogP contribution in [0.4, 0.5) is 0 Å². The minimum absolute atomic E-state index is 0. The fraction of sp³-hybridized carbons (Fsp3) is 0.545. The van der Waals surface area contributed by atoms with Crippen molar-refractivity contribution in [2.45, 2.75) is 82.4 Å². The van der Waals surface area contributed by atoms with Gasteiger partial charge < -0.3 is 4.55 Å². The third kappa shape index (κ3) is 9.10. The molecule has 0 aromatic heterocycles. The molecule has 0 aliphatic heterocycles. The molecule has 0 atom stereocenters. The average molecular weight is 399 g/mol. The van der Waals surface area contributed by atoms with E-state index in [-0.39, 0.29) is 34.5 Å². The molecule has 0 heterocycles. The quantitative estimate of drug-likeness (QED) is 0.313. The van der Waals surface area contributed by atoms with Crippen molar-refractivity contribution in [2.75, 3.05) is 0 Å². The molecule has 0 fully saturated rings. The molecule has 27 heavy (non-hydrogen) atoms. The van der Waals surface area contributed by atoms with Gasteiger partial charge in [0.15, 0.2) is 0 Å². The van der Waals surface area contributed by atoms with Gasteiger partial charge in [-0.1, -0.05) is 89.0 Å². The van der Waals surface area contributed by atoms with E-state index in [9.17, 15) is 13.0 Å². The molecule has 0 N–H and O–H groups in total. The van der Waals surface area contributed by atoms with Gasteiger partial charge in [-0.15, -0.1) is 0 Å². The second kappa shape index (κ2) is 12.9. The zero-order valence-corrected chi connectivity index (χ0v) is 19.7. The number of benzene rings is 2. The van der Waals surface area contributed by atoms with Crippen molar-refractivity contribution in [3.63, 3.8) is 0 Å². The van der Waals surface area contributed by atoms with Crippen molar-refractivity contribution < 1.29 is 42.5 Å². The van der Waals surface area contributed by atoms with E-state index >= 15 is 0 Å². The van der Waals surface area contributed by atoms with E-state index < -0.39 is 10.1 Å². The molecule has 0 aliphatic rings. The van der Waals surface area contributed by atoms with Gasteiger partial charge in [0, 0.05) is 0 Å². The molecule has 0 aliphatic carbocycles. The maximum atomic E-state index is 11.2. The first-order chi connectivity index (χ1) is 12.5. The maximum Gasteiger partial charge on any atom is 1.00 e. The van der Waals surface area contributed by atoms with Gasteiger partial charge in [-0.3, -0.25) is 0 Å². The van der Waals surface area contributed by atoms with Crippen LogP contribution in [0.5, 0.6) is 0 Å². The minimum atomic E-state index is -4.39. The van der Waals surface area contributed by atoms with Crippen LogP contribution in [0.3, 0.4) is 0 Å². The second-order valence-electron chi connectivity index (χ2n) is 7.23. The monoisotopic (exact) mass is 398 g/mol. The predicted octanol–water partition coefficient (Wildman–Crippen LogP) is 3.21. The number of aryl methyl sites for hydroxylation is 1. The summed E-state index contributed by atoms with van der Waals surface area (Å²) in [7, 11) is -4.39. The Morgan fingerprint density at radius 2 is 1.30 bits per heavy atom. The molecule has 144 valence electrons. The third-order valence-electron chi connectivity index (χ3n) is 4.98. The smallest absolute Gasteiger partial charge is 0.744 e. The second-order valence-corrected chi connectivity index (χ2v) is 8.61. The van der Waals surface area contributed by atoms with Crippen LogP contribution in [0.15, 0.2) is 41.3 Å². The van der Waals surface area contributed by atoms with Crippen molar-refractivity contribution in [1.82, 2.24) is 0 Å². The van der Waals surface area contributed by atoms with Crippen molar-refractivity contribution in [3.8, 4) is 0 Å². The van der Waals surface area contributed by atoms with Gasteiger partial charge in [0.25, 0.3) is 0 Å². The predicted molar refractivity (Wildman–Crippen MR) is 107 cm³/mol. The summed E-state index contributed by atoms with van der Waals surface area (Å²) in [6.45, 7) is 2.25. The van der Waals surface area contributed by atoms with Crippen molar-refractivity contribution in [3.05, 3.63) is 42.0 Å². The largest absolute Gasteiger partial charge is 1.00 e. The first-order valence-corrected chi connectivity index (χ1v) is 11.4. The zero-order chi connectivity index (χ0) is 18.8. The summed E-state index contributed by atoms with van der Waals surface area (Å²) in [4.78, 5) is -0.152. The van der Waals surface area contributed by atoms with E-state index in [2.05, 4.69) is 13.0 Å². The Balaban J connectivity index is 0.00000364. The molecule has 0 spiro atoms. The topological polar surface area (TPSA) is 57.2 Å². The Kier molecular flexibility index (Phi) is 11.8. The summed E-state index contributed by atoms with van der Waals surface area (Å²) in [6.07, 6.45) is 14.2. The summed E-state index contributed by atoms with van der Waals surface area (Å²) in [6, 6.07) is 10.7. The standard InChI is InChI=1S/C22H32O3S.Na/c1-2-3-4-5-6-7-8-9-10-11-12-19-13-14-20-15-16-22(26(23,24)25)18-21(20)17-19;/h13-18H,2-12H2,1H3,(H,23,24,25);/q;+1/p-1.